The zero-order valence-corrected chi connectivity index (χ0v) is 15.2. The van der Waals surface area contributed by atoms with Gasteiger partial charge in [0.1, 0.15) is 0 Å². The average Bonchev–Trinajstić information content (AvgIpc) is 2.88. The molecule has 2 N–H and O–H groups in total. The van der Waals surface area contributed by atoms with Gasteiger partial charge >= 0.3 is 0 Å². The number of aliphatic hydroxyl groups excluding tert-OH is 1. The number of hydrogen-bond acceptors (Lipinski definition) is 6. The molecule has 0 atom stereocenters. The number of benzene rings is 1. The van der Waals surface area contributed by atoms with Gasteiger partial charge in [-0.15, -0.1) is 11.8 Å². The first-order chi connectivity index (χ1) is 11.7. The summed E-state index contributed by atoms with van der Waals surface area (Å²) in [6, 6.07) is 8.22. The van der Waals surface area contributed by atoms with E-state index in [4.69, 9.17) is 0 Å². The smallest absolute Gasteiger partial charge is 0.188 e. The van der Waals surface area contributed by atoms with Crippen molar-refractivity contribution in [2.75, 3.05) is 18.1 Å². The van der Waals surface area contributed by atoms with Crippen LogP contribution in [0.2, 0.25) is 0 Å². The van der Waals surface area contributed by atoms with E-state index in [0.717, 1.165) is 32.7 Å². The summed E-state index contributed by atoms with van der Waals surface area (Å²) >= 11 is 3.19. The van der Waals surface area contributed by atoms with E-state index >= 15 is 0 Å². The van der Waals surface area contributed by atoms with Crippen molar-refractivity contribution in [3.8, 4) is 0 Å². The van der Waals surface area contributed by atoms with Gasteiger partial charge in [0.15, 0.2) is 5.13 Å². The molecule has 6 heteroatoms. The van der Waals surface area contributed by atoms with Crippen LogP contribution >= 0.6 is 23.1 Å². The van der Waals surface area contributed by atoms with Gasteiger partial charge < -0.3 is 10.4 Å². The number of nitrogens with zero attached hydrogens (tertiary/aromatic N) is 2. The number of thiazole rings is 1. The molecule has 124 valence electrons. The summed E-state index contributed by atoms with van der Waals surface area (Å²) in [5, 5.41) is 13.8. The zero-order chi connectivity index (χ0) is 16.9. The summed E-state index contributed by atoms with van der Waals surface area (Å²) in [6.07, 6.45) is 8.10. The van der Waals surface area contributed by atoms with E-state index in [-0.39, 0.29) is 6.61 Å². The monoisotopic (exact) mass is 357 g/mol. The maximum Gasteiger partial charge on any atom is 0.188 e. The van der Waals surface area contributed by atoms with Crippen molar-refractivity contribution in [2.45, 2.75) is 18.4 Å². The second-order valence-electron chi connectivity index (χ2n) is 5.29. The van der Waals surface area contributed by atoms with Gasteiger partial charge in [0.25, 0.3) is 0 Å². The number of thioether (sulfide) groups is 1. The minimum absolute atomic E-state index is 0.0263. The predicted octanol–water partition coefficient (Wildman–Crippen LogP) is 4.52. The molecule has 1 aromatic heterocycles. The molecule has 0 amide bonds. The molecule has 0 saturated carbocycles. The molecule has 0 spiro atoms. The third-order valence-corrected chi connectivity index (χ3v) is 5.26. The van der Waals surface area contributed by atoms with Gasteiger partial charge in [0, 0.05) is 21.9 Å². The summed E-state index contributed by atoms with van der Waals surface area (Å²) < 4.78 is 0. The zero-order valence-electron chi connectivity index (χ0n) is 13.6. The van der Waals surface area contributed by atoms with Crippen molar-refractivity contribution in [3.63, 3.8) is 0 Å². The molecule has 0 aliphatic carbocycles. The van der Waals surface area contributed by atoms with Crippen LogP contribution < -0.4 is 5.32 Å². The molecule has 2 heterocycles. The van der Waals surface area contributed by atoms with E-state index in [1.807, 2.05) is 37.3 Å². The van der Waals surface area contributed by atoms with E-state index in [0.29, 0.717) is 6.54 Å². The Labute approximate surface area is 150 Å². The van der Waals surface area contributed by atoms with Gasteiger partial charge in [0.05, 0.1) is 23.7 Å². The lowest BCUT2D eigenvalue weighted by molar-refractivity contribution is 0.285. The maximum atomic E-state index is 9.69. The van der Waals surface area contributed by atoms with Gasteiger partial charge in [-0.25, -0.2) is 4.98 Å². The standard InChI is InChI=1S/C18H19N3OS2/c1-12-10-13(4-3-9-19-12)17-16(11-22)24-18(21-17)20-14-5-7-15(23-2)8-6-14/h3-8,10,22H,9,11H2,1-2H3,(H,20,21). The summed E-state index contributed by atoms with van der Waals surface area (Å²) in [4.78, 5) is 11.2. The number of hydrogen-bond donors (Lipinski definition) is 2. The molecular weight excluding hydrogens is 338 g/mol. The fourth-order valence-corrected chi connectivity index (χ4v) is 3.65. The van der Waals surface area contributed by atoms with Gasteiger partial charge in [0.2, 0.25) is 0 Å². The number of anilines is 2. The maximum absolute atomic E-state index is 9.69. The lowest BCUT2D eigenvalue weighted by Crippen LogP contribution is -1.93. The Kier molecular flexibility index (Phi) is 5.50. The lowest BCUT2D eigenvalue weighted by Gasteiger charge is -2.03. The summed E-state index contributed by atoms with van der Waals surface area (Å²) in [5.74, 6) is 0. The van der Waals surface area contributed by atoms with Gasteiger partial charge in [-0.05, 0) is 43.5 Å². The van der Waals surface area contributed by atoms with E-state index in [1.54, 1.807) is 11.8 Å². The highest BCUT2D eigenvalue weighted by atomic mass is 32.2. The molecule has 1 aliphatic rings. The fourth-order valence-electron chi connectivity index (χ4n) is 2.38. The second-order valence-corrected chi connectivity index (χ2v) is 7.25. The summed E-state index contributed by atoms with van der Waals surface area (Å²) in [6.45, 7) is 2.63. The number of aromatic nitrogens is 1. The number of aliphatic hydroxyl groups is 1. The minimum atomic E-state index is -0.0263. The van der Waals surface area contributed by atoms with Crippen LogP contribution in [0.4, 0.5) is 10.8 Å². The van der Waals surface area contributed by atoms with Crippen molar-refractivity contribution in [2.24, 2.45) is 4.99 Å². The third kappa shape index (κ3) is 3.95. The SMILES string of the molecule is CSc1ccc(Nc2nc(C3=CC(C)=NCC=C3)c(CO)s2)cc1. The second kappa shape index (κ2) is 7.79. The van der Waals surface area contributed by atoms with Crippen molar-refractivity contribution < 1.29 is 5.11 Å². The third-order valence-electron chi connectivity index (χ3n) is 3.56. The van der Waals surface area contributed by atoms with Crippen LogP contribution in [0, 0.1) is 0 Å². The highest BCUT2D eigenvalue weighted by Gasteiger charge is 2.14. The van der Waals surface area contributed by atoms with Crippen molar-refractivity contribution in [1.29, 1.82) is 0 Å². The van der Waals surface area contributed by atoms with E-state index in [1.165, 1.54) is 16.2 Å². The molecule has 3 rings (SSSR count). The number of aliphatic imine (C=N–C) groups is 1. The van der Waals surface area contributed by atoms with Crippen LogP contribution in [-0.2, 0) is 6.61 Å². The molecule has 0 unspecified atom stereocenters. The molecular formula is C18H19N3OS2. The highest BCUT2D eigenvalue weighted by Crippen LogP contribution is 2.31. The van der Waals surface area contributed by atoms with Crippen molar-refractivity contribution >= 4 is 45.2 Å². The van der Waals surface area contributed by atoms with Gasteiger partial charge in [-0.3, -0.25) is 4.99 Å². The number of rotatable bonds is 5. The molecule has 1 aromatic carbocycles. The van der Waals surface area contributed by atoms with Crippen LogP contribution in [0.3, 0.4) is 0 Å². The minimum Gasteiger partial charge on any atom is -0.391 e. The molecule has 1 aliphatic heterocycles. The molecule has 24 heavy (non-hydrogen) atoms. The van der Waals surface area contributed by atoms with E-state index in [9.17, 15) is 5.11 Å². The molecule has 0 saturated heterocycles. The summed E-state index contributed by atoms with van der Waals surface area (Å²) in [5.41, 5.74) is 3.76. The lowest BCUT2D eigenvalue weighted by atomic mass is 10.1. The fraction of sp³-hybridized carbons (Fsp3) is 0.222. The Morgan fingerprint density at radius 3 is 2.79 bits per heavy atom. The molecule has 0 bridgehead atoms. The predicted molar refractivity (Wildman–Crippen MR) is 105 cm³/mol. The molecule has 4 nitrogen and oxygen atoms in total. The Balaban J connectivity index is 1.88. The van der Waals surface area contributed by atoms with Crippen LogP contribution in [0.1, 0.15) is 17.5 Å². The van der Waals surface area contributed by atoms with Crippen molar-refractivity contribution in [3.05, 3.63) is 53.1 Å². The number of allylic oxidation sites excluding steroid dienone is 3. The normalized spacial score (nSPS) is 14.1. The first-order valence-electron chi connectivity index (χ1n) is 7.61. The Hall–Kier alpha value is -1.89. The largest absolute Gasteiger partial charge is 0.391 e. The Bertz CT molecular complexity index is 804. The molecule has 0 radical (unpaired) electrons. The number of nitrogens with one attached hydrogen (secondary N) is 1. The van der Waals surface area contributed by atoms with Crippen LogP contribution in [0.15, 0.2) is 52.4 Å². The van der Waals surface area contributed by atoms with Crippen LogP contribution in [0.5, 0.6) is 0 Å². The first kappa shape index (κ1) is 17.0. The molecule has 2 aromatic rings. The first-order valence-corrected chi connectivity index (χ1v) is 9.65. The van der Waals surface area contributed by atoms with Gasteiger partial charge in [-0.1, -0.05) is 23.5 Å². The van der Waals surface area contributed by atoms with Crippen LogP contribution in [0.25, 0.3) is 5.57 Å². The topological polar surface area (TPSA) is 57.5 Å². The van der Waals surface area contributed by atoms with Crippen LogP contribution in [-0.4, -0.2) is 28.6 Å². The Morgan fingerprint density at radius 1 is 1.29 bits per heavy atom. The quantitative estimate of drug-likeness (QED) is 0.773. The average molecular weight is 358 g/mol. The highest BCUT2D eigenvalue weighted by molar-refractivity contribution is 7.98. The molecule has 0 fully saturated rings. The van der Waals surface area contributed by atoms with E-state index < -0.39 is 0 Å². The summed E-state index contributed by atoms with van der Waals surface area (Å²) in [7, 11) is 0. The van der Waals surface area contributed by atoms with E-state index in [2.05, 4.69) is 33.7 Å². The van der Waals surface area contributed by atoms with Crippen molar-refractivity contribution in [1.82, 2.24) is 4.98 Å². The Morgan fingerprint density at radius 2 is 2.08 bits per heavy atom. The van der Waals surface area contributed by atoms with Gasteiger partial charge in [-0.2, -0.15) is 0 Å².